The molecule has 2 aromatic rings. The van der Waals surface area contributed by atoms with E-state index in [4.69, 9.17) is 0 Å². The third-order valence-electron chi connectivity index (χ3n) is 3.83. The summed E-state index contributed by atoms with van der Waals surface area (Å²) in [5, 5.41) is 3.43. The molecule has 0 aliphatic carbocycles. The Morgan fingerprint density at radius 3 is 2.35 bits per heavy atom. The fourth-order valence-electron chi connectivity index (χ4n) is 2.52. The molecule has 2 unspecified atom stereocenters. The molecule has 2 atom stereocenters. The third kappa shape index (κ3) is 3.65. The molecule has 0 aliphatic rings. The molecule has 1 N–H and O–H groups in total. The van der Waals surface area contributed by atoms with Crippen LogP contribution < -0.4 is 5.32 Å². The van der Waals surface area contributed by atoms with Gasteiger partial charge in [-0.1, -0.05) is 30.3 Å². The Bertz CT molecular complexity index is 498. The van der Waals surface area contributed by atoms with E-state index in [9.17, 15) is 0 Å². The molecule has 0 saturated heterocycles. The van der Waals surface area contributed by atoms with Crippen LogP contribution in [0.5, 0.6) is 0 Å². The lowest BCUT2D eigenvalue weighted by Gasteiger charge is -2.32. The van der Waals surface area contributed by atoms with E-state index in [0.717, 1.165) is 6.54 Å². The molecule has 1 heterocycles. The van der Waals surface area contributed by atoms with Gasteiger partial charge in [0, 0.05) is 31.0 Å². The first-order valence-corrected chi connectivity index (χ1v) is 7.03. The van der Waals surface area contributed by atoms with Crippen LogP contribution in [-0.4, -0.2) is 30.0 Å². The van der Waals surface area contributed by atoms with Crippen LogP contribution in [0.4, 0.5) is 0 Å². The van der Waals surface area contributed by atoms with Gasteiger partial charge in [0.05, 0.1) is 0 Å². The van der Waals surface area contributed by atoms with Crippen molar-refractivity contribution in [1.29, 1.82) is 0 Å². The molecule has 0 spiro atoms. The van der Waals surface area contributed by atoms with Gasteiger partial charge in [-0.05, 0) is 44.3 Å². The highest BCUT2D eigenvalue weighted by atomic mass is 15.2. The van der Waals surface area contributed by atoms with Gasteiger partial charge in [-0.25, -0.2) is 0 Å². The molecule has 0 amide bonds. The summed E-state index contributed by atoms with van der Waals surface area (Å²) in [6, 6.07) is 15.5. The standard InChI is InChI=1S/C17H23N3/c1-14(17(18-2)16-7-5-4-6-8-16)20(3)13-15-9-11-19-12-10-15/h4-12,14,17-18H,13H2,1-3H3. The summed E-state index contributed by atoms with van der Waals surface area (Å²) < 4.78 is 0. The summed E-state index contributed by atoms with van der Waals surface area (Å²) in [7, 11) is 4.19. The molecular weight excluding hydrogens is 246 g/mol. The van der Waals surface area contributed by atoms with Crippen LogP contribution in [0.15, 0.2) is 54.9 Å². The highest BCUT2D eigenvalue weighted by molar-refractivity contribution is 5.20. The summed E-state index contributed by atoms with van der Waals surface area (Å²) in [5.41, 5.74) is 2.61. The number of likely N-dealkylation sites (N-methyl/N-ethyl adjacent to an activating group) is 2. The Kier molecular flexibility index (Phi) is 5.27. The molecule has 0 aliphatic heterocycles. The number of hydrogen-bond acceptors (Lipinski definition) is 3. The van der Waals surface area contributed by atoms with Gasteiger partial charge >= 0.3 is 0 Å². The van der Waals surface area contributed by atoms with Gasteiger partial charge in [0.1, 0.15) is 0 Å². The molecule has 20 heavy (non-hydrogen) atoms. The van der Waals surface area contributed by atoms with E-state index in [1.54, 1.807) is 0 Å². The van der Waals surface area contributed by atoms with Crippen molar-refractivity contribution in [1.82, 2.24) is 15.2 Å². The highest BCUT2D eigenvalue weighted by Crippen LogP contribution is 2.20. The number of nitrogens with zero attached hydrogens (tertiary/aromatic N) is 2. The fourth-order valence-corrected chi connectivity index (χ4v) is 2.52. The zero-order chi connectivity index (χ0) is 14.4. The largest absolute Gasteiger partial charge is 0.312 e. The fraction of sp³-hybridized carbons (Fsp3) is 0.353. The lowest BCUT2D eigenvalue weighted by atomic mass is 9.99. The summed E-state index contributed by atoms with van der Waals surface area (Å²) in [6.45, 7) is 3.18. The van der Waals surface area contributed by atoms with Crippen LogP contribution in [0.3, 0.4) is 0 Å². The van der Waals surface area contributed by atoms with E-state index >= 15 is 0 Å². The van der Waals surface area contributed by atoms with Gasteiger partial charge in [0.2, 0.25) is 0 Å². The number of nitrogens with one attached hydrogen (secondary N) is 1. The summed E-state index contributed by atoms with van der Waals surface area (Å²) in [6.07, 6.45) is 3.70. The topological polar surface area (TPSA) is 28.2 Å². The van der Waals surface area contributed by atoms with Gasteiger partial charge in [0.15, 0.2) is 0 Å². The maximum atomic E-state index is 4.07. The molecule has 1 aromatic carbocycles. The molecule has 1 aromatic heterocycles. The second kappa shape index (κ2) is 7.17. The van der Waals surface area contributed by atoms with E-state index in [2.05, 4.69) is 71.6 Å². The molecule has 0 fully saturated rings. The van der Waals surface area contributed by atoms with Crippen LogP contribution >= 0.6 is 0 Å². The van der Waals surface area contributed by atoms with Gasteiger partial charge in [-0.2, -0.15) is 0 Å². The second-order valence-corrected chi connectivity index (χ2v) is 5.19. The number of rotatable bonds is 6. The SMILES string of the molecule is CNC(c1ccccc1)C(C)N(C)Cc1ccncc1. The van der Waals surface area contributed by atoms with Gasteiger partial charge in [-0.3, -0.25) is 9.88 Å². The molecule has 0 saturated carbocycles. The van der Waals surface area contributed by atoms with E-state index < -0.39 is 0 Å². The van der Waals surface area contributed by atoms with Crippen molar-refractivity contribution >= 4 is 0 Å². The second-order valence-electron chi connectivity index (χ2n) is 5.19. The van der Waals surface area contributed by atoms with Crippen molar-refractivity contribution in [3.63, 3.8) is 0 Å². The number of benzene rings is 1. The Morgan fingerprint density at radius 1 is 1.10 bits per heavy atom. The number of aromatic nitrogens is 1. The first-order valence-electron chi connectivity index (χ1n) is 7.03. The zero-order valence-corrected chi connectivity index (χ0v) is 12.5. The van der Waals surface area contributed by atoms with Crippen molar-refractivity contribution in [3.8, 4) is 0 Å². The third-order valence-corrected chi connectivity index (χ3v) is 3.83. The number of pyridine rings is 1. The minimum Gasteiger partial charge on any atom is -0.312 e. The van der Waals surface area contributed by atoms with E-state index in [-0.39, 0.29) is 0 Å². The Hall–Kier alpha value is -1.71. The monoisotopic (exact) mass is 269 g/mol. The van der Waals surface area contributed by atoms with Crippen molar-refractivity contribution in [3.05, 3.63) is 66.0 Å². The van der Waals surface area contributed by atoms with Crippen LogP contribution in [-0.2, 0) is 6.54 Å². The van der Waals surface area contributed by atoms with Crippen molar-refractivity contribution in [2.24, 2.45) is 0 Å². The normalized spacial score (nSPS) is 14.2. The first kappa shape index (κ1) is 14.7. The molecule has 0 radical (unpaired) electrons. The minimum atomic E-state index is 0.322. The predicted molar refractivity (Wildman–Crippen MR) is 83.4 cm³/mol. The van der Waals surface area contributed by atoms with E-state index in [1.807, 2.05) is 19.4 Å². The van der Waals surface area contributed by atoms with Gasteiger partial charge in [0.25, 0.3) is 0 Å². The highest BCUT2D eigenvalue weighted by Gasteiger charge is 2.21. The molecule has 0 bridgehead atoms. The van der Waals surface area contributed by atoms with E-state index in [1.165, 1.54) is 11.1 Å². The summed E-state index contributed by atoms with van der Waals surface area (Å²) in [5.74, 6) is 0. The van der Waals surface area contributed by atoms with Crippen molar-refractivity contribution in [2.75, 3.05) is 14.1 Å². The molecular formula is C17H23N3. The summed E-state index contributed by atoms with van der Waals surface area (Å²) in [4.78, 5) is 6.43. The average Bonchev–Trinajstić information content (AvgIpc) is 2.50. The van der Waals surface area contributed by atoms with Crippen LogP contribution in [0.2, 0.25) is 0 Å². The smallest absolute Gasteiger partial charge is 0.0473 e. The zero-order valence-electron chi connectivity index (χ0n) is 12.5. The van der Waals surface area contributed by atoms with Crippen molar-refractivity contribution in [2.45, 2.75) is 25.6 Å². The molecule has 3 nitrogen and oxygen atoms in total. The molecule has 106 valence electrons. The molecule has 2 rings (SSSR count). The van der Waals surface area contributed by atoms with Crippen LogP contribution in [0.25, 0.3) is 0 Å². The van der Waals surface area contributed by atoms with Gasteiger partial charge in [-0.15, -0.1) is 0 Å². The average molecular weight is 269 g/mol. The van der Waals surface area contributed by atoms with Crippen LogP contribution in [0, 0.1) is 0 Å². The van der Waals surface area contributed by atoms with E-state index in [0.29, 0.717) is 12.1 Å². The lowest BCUT2D eigenvalue weighted by molar-refractivity contribution is 0.204. The maximum absolute atomic E-state index is 4.07. The van der Waals surface area contributed by atoms with Crippen LogP contribution in [0.1, 0.15) is 24.1 Å². The quantitative estimate of drug-likeness (QED) is 0.874. The van der Waals surface area contributed by atoms with Crippen molar-refractivity contribution < 1.29 is 0 Å². The maximum Gasteiger partial charge on any atom is 0.0473 e. The Balaban J connectivity index is 2.06. The minimum absolute atomic E-state index is 0.322. The first-order chi connectivity index (χ1) is 9.72. The summed E-state index contributed by atoms with van der Waals surface area (Å²) >= 11 is 0. The molecule has 3 heteroatoms. The predicted octanol–water partition coefficient (Wildman–Crippen LogP) is 2.86. The number of hydrogen-bond donors (Lipinski definition) is 1. The Labute approximate surface area is 121 Å². The Morgan fingerprint density at radius 2 is 1.75 bits per heavy atom. The van der Waals surface area contributed by atoms with Gasteiger partial charge < -0.3 is 5.32 Å². The lowest BCUT2D eigenvalue weighted by Crippen LogP contribution is -2.39.